The summed E-state index contributed by atoms with van der Waals surface area (Å²) in [6.07, 6.45) is 0.297. The number of para-hydroxylation sites is 2. The fourth-order valence-electron chi connectivity index (χ4n) is 3.70. The fraction of sp³-hybridized carbons (Fsp3) is 0.240. The van der Waals surface area contributed by atoms with Crippen LogP contribution in [0, 0.1) is 5.82 Å². The van der Waals surface area contributed by atoms with Gasteiger partial charge in [-0.3, -0.25) is 4.90 Å². The second kappa shape index (κ2) is 10.2. The molecule has 0 aliphatic carbocycles. The van der Waals surface area contributed by atoms with Crippen LogP contribution in [0.5, 0.6) is 23.0 Å². The van der Waals surface area contributed by atoms with E-state index in [9.17, 15) is 9.18 Å². The van der Waals surface area contributed by atoms with Crippen LogP contribution in [-0.4, -0.2) is 37.2 Å². The zero-order valence-electron chi connectivity index (χ0n) is 17.8. The number of rotatable bonds is 7. The van der Waals surface area contributed by atoms with Crippen LogP contribution in [0.15, 0.2) is 72.8 Å². The van der Waals surface area contributed by atoms with Crippen molar-refractivity contribution < 1.29 is 23.4 Å². The van der Waals surface area contributed by atoms with Crippen LogP contribution in [-0.2, 0) is 6.54 Å². The monoisotopic (exact) mass is 436 g/mol. The van der Waals surface area contributed by atoms with Gasteiger partial charge in [0.15, 0.2) is 11.5 Å². The summed E-state index contributed by atoms with van der Waals surface area (Å²) in [5.74, 6) is 2.02. The molecule has 0 aromatic heterocycles. The Morgan fingerprint density at radius 2 is 1.81 bits per heavy atom. The zero-order valence-corrected chi connectivity index (χ0v) is 17.8. The number of nitrogens with one attached hydrogen (secondary N) is 1. The lowest BCUT2D eigenvalue weighted by molar-refractivity contribution is 0.195. The third-order valence-corrected chi connectivity index (χ3v) is 5.22. The predicted molar refractivity (Wildman–Crippen MR) is 119 cm³/mol. The van der Waals surface area contributed by atoms with E-state index in [1.54, 1.807) is 7.11 Å². The predicted octanol–water partition coefficient (Wildman–Crippen LogP) is 4.99. The average molecular weight is 436 g/mol. The molecule has 1 aliphatic rings. The first kappa shape index (κ1) is 21.6. The maximum absolute atomic E-state index is 13.0. The van der Waals surface area contributed by atoms with Crippen molar-refractivity contribution in [1.29, 1.82) is 0 Å². The highest BCUT2D eigenvalue weighted by molar-refractivity contribution is 5.70. The van der Waals surface area contributed by atoms with Crippen molar-refractivity contribution in [1.82, 2.24) is 10.2 Å². The van der Waals surface area contributed by atoms with Gasteiger partial charge in [0.05, 0.1) is 7.11 Å². The molecule has 4 rings (SSSR count). The first-order valence-corrected chi connectivity index (χ1v) is 10.4. The van der Waals surface area contributed by atoms with Gasteiger partial charge in [0.1, 0.15) is 17.3 Å². The number of hydrogen-bond acceptors (Lipinski definition) is 5. The first-order chi connectivity index (χ1) is 15.6. The number of likely N-dealkylation sites (tertiary alicyclic amines) is 1. The minimum absolute atomic E-state index is 0.00374. The Hall–Kier alpha value is -3.58. The van der Waals surface area contributed by atoms with Gasteiger partial charge in [-0.1, -0.05) is 24.3 Å². The van der Waals surface area contributed by atoms with Gasteiger partial charge >= 0.3 is 6.09 Å². The van der Waals surface area contributed by atoms with E-state index in [-0.39, 0.29) is 11.9 Å². The van der Waals surface area contributed by atoms with Crippen LogP contribution in [0.3, 0.4) is 0 Å². The van der Waals surface area contributed by atoms with Crippen LogP contribution >= 0.6 is 0 Å². The van der Waals surface area contributed by atoms with Gasteiger partial charge in [0.2, 0.25) is 0 Å². The van der Waals surface area contributed by atoms with Crippen molar-refractivity contribution in [3.8, 4) is 23.0 Å². The Balaban J connectivity index is 1.29. The molecule has 1 amide bonds. The van der Waals surface area contributed by atoms with Crippen LogP contribution in [0.25, 0.3) is 0 Å². The smallest absolute Gasteiger partial charge is 0.412 e. The van der Waals surface area contributed by atoms with Gasteiger partial charge < -0.3 is 19.5 Å². The van der Waals surface area contributed by atoms with Gasteiger partial charge in [-0.15, -0.1) is 0 Å². The van der Waals surface area contributed by atoms with E-state index in [1.807, 2.05) is 42.5 Å². The van der Waals surface area contributed by atoms with Gasteiger partial charge in [-0.25, -0.2) is 9.18 Å². The zero-order chi connectivity index (χ0) is 22.3. The largest absolute Gasteiger partial charge is 0.493 e. The molecule has 1 aliphatic heterocycles. The fourth-order valence-corrected chi connectivity index (χ4v) is 3.70. The Labute approximate surface area is 186 Å². The SMILES string of the molecule is COc1ccccc1Oc1cccc(CN2CC[C@@H](NC(=O)Oc3ccc(F)cc3)C2)c1. The molecule has 0 bridgehead atoms. The molecule has 0 saturated carbocycles. The van der Waals surface area contributed by atoms with Gasteiger partial charge in [-0.2, -0.15) is 0 Å². The van der Waals surface area contributed by atoms with E-state index < -0.39 is 6.09 Å². The lowest BCUT2D eigenvalue weighted by Crippen LogP contribution is -2.38. The summed E-state index contributed by atoms with van der Waals surface area (Å²) >= 11 is 0. The van der Waals surface area contributed by atoms with E-state index in [0.717, 1.165) is 37.4 Å². The topological polar surface area (TPSA) is 60.0 Å². The van der Waals surface area contributed by atoms with Crippen molar-refractivity contribution >= 4 is 6.09 Å². The highest BCUT2D eigenvalue weighted by Gasteiger charge is 2.24. The van der Waals surface area contributed by atoms with E-state index in [4.69, 9.17) is 14.2 Å². The molecule has 32 heavy (non-hydrogen) atoms. The molecule has 3 aromatic rings. The lowest BCUT2D eigenvalue weighted by Gasteiger charge is -2.17. The van der Waals surface area contributed by atoms with E-state index in [0.29, 0.717) is 17.2 Å². The number of methoxy groups -OCH3 is 1. The van der Waals surface area contributed by atoms with Crippen molar-refractivity contribution in [2.45, 2.75) is 19.0 Å². The van der Waals surface area contributed by atoms with Crippen molar-refractivity contribution in [2.75, 3.05) is 20.2 Å². The molecular formula is C25H25FN2O4. The van der Waals surface area contributed by atoms with E-state index in [2.05, 4.69) is 16.3 Å². The molecule has 0 unspecified atom stereocenters. The summed E-state index contributed by atoms with van der Waals surface area (Å²) in [6, 6.07) is 20.8. The third-order valence-electron chi connectivity index (χ3n) is 5.22. The molecule has 1 atom stereocenters. The van der Waals surface area contributed by atoms with Gasteiger partial charge in [0, 0.05) is 25.7 Å². The van der Waals surface area contributed by atoms with Crippen molar-refractivity contribution in [3.63, 3.8) is 0 Å². The highest BCUT2D eigenvalue weighted by atomic mass is 19.1. The normalized spacial score (nSPS) is 15.9. The summed E-state index contributed by atoms with van der Waals surface area (Å²) in [7, 11) is 1.62. The number of ether oxygens (including phenoxy) is 3. The molecule has 1 heterocycles. The number of nitrogens with zero attached hydrogens (tertiary/aromatic N) is 1. The van der Waals surface area contributed by atoms with Crippen molar-refractivity contribution in [2.24, 2.45) is 0 Å². The molecular weight excluding hydrogens is 411 g/mol. The molecule has 6 nitrogen and oxygen atoms in total. The second-order valence-corrected chi connectivity index (χ2v) is 7.61. The summed E-state index contributed by atoms with van der Waals surface area (Å²) in [5, 5.41) is 2.88. The number of halogens is 1. The molecule has 0 radical (unpaired) electrons. The first-order valence-electron chi connectivity index (χ1n) is 10.4. The van der Waals surface area contributed by atoms with Gasteiger partial charge in [0.25, 0.3) is 0 Å². The molecule has 7 heteroatoms. The number of carbonyl (C=O) groups is 1. The summed E-state index contributed by atoms with van der Waals surface area (Å²) in [4.78, 5) is 14.4. The molecule has 166 valence electrons. The molecule has 3 aromatic carbocycles. The molecule has 0 spiro atoms. The Bertz CT molecular complexity index is 1060. The molecule has 1 saturated heterocycles. The van der Waals surface area contributed by atoms with Gasteiger partial charge in [-0.05, 0) is 60.5 Å². The third kappa shape index (κ3) is 5.76. The average Bonchev–Trinajstić information content (AvgIpc) is 3.22. The minimum Gasteiger partial charge on any atom is -0.493 e. The number of amides is 1. The summed E-state index contributed by atoms with van der Waals surface area (Å²) in [6.45, 7) is 2.32. The minimum atomic E-state index is -0.532. The Kier molecular flexibility index (Phi) is 6.87. The molecule has 1 fully saturated rings. The quantitative estimate of drug-likeness (QED) is 0.566. The lowest BCUT2D eigenvalue weighted by atomic mass is 10.2. The summed E-state index contributed by atoms with van der Waals surface area (Å²) in [5.41, 5.74) is 1.12. The maximum atomic E-state index is 13.0. The van der Waals surface area contributed by atoms with Crippen LogP contribution in [0.4, 0.5) is 9.18 Å². The van der Waals surface area contributed by atoms with E-state index >= 15 is 0 Å². The standard InChI is InChI=1S/C25H25FN2O4/c1-30-23-7-2-3-8-24(23)31-22-6-4-5-18(15-22)16-28-14-13-20(17-28)27-25(29)32-21-11-9-19(26)10-12-21/h2-12,15,20H,13-14,16-17H2,1H3,(H,27,29)/t20-/m1/s1. The van der Waals surface area contributed by atoms with Crippen LogP contribution < -0.4 is 19.5 Å². The highest BCUT2D eigenvalue weighted by Crippen LogP contribution is 2.31. The summed E-state index contributed by atoms with van der Waals surface area (Å²) < 4.78 is 29.5. The second-order valence-electron chi connectivity index (χ2n) is 7.61. The number of hydrogen-bond donors (Lipinski definition) is 1. The number of carbonyl (C=O) groups excluding carboxylic acids is 1. The Morgan fingerprint density at radius 3 is 2.59 bits per heavy atom. The van der Waals surface area contributed by atoms with Crippen LogP contribution in [0.2, 0.25) is 0 Å². The van der Waals surface area contributed by atoms with Crippen LogP contribution in [0.1, 0.15) is 12.0 Å². The molecule has 1 N–H and O–H groups in total. The maximum Gasteiger partial charge on any atom is 0.412 e. The number of benzene rings is 3. The van der Waals surface area contributed by atoms with E-state index in [1.165, 1.54) is 24.3 Å². The van der Waals surface area contributed by atoms with Crippen molar-refractivity contribution in [3.05, 3.63) is 84.2 Å². The Morgan fingerprint density at radius 1 is 1.03 bits per heavy atom.